The minimum Gasteiger partial charge on any atom is -0.478 e. The number of fused-ring (bicyclic) bond motifs is 3. The Morgan fingerprint density at radius 2 is 1.75 bits per heavy atom. The number of rotatable bonds is 5. The van der Waals surface area contributed by atoms with Crippen molar-refractivity contribution in [3.05, 3.63) is 40.1 Å². The molecule has 1 aromatic carbocycles. The number of sulfonamides is 1. The second kappa shape index (κ2) is 8.12. The highest BCUT2D eigenvalue weighted by Crippen LogP contribution is 2.39. The number of hydrogen-bond donors (Lipinski definition) is 2. The molecule has 3 aliphatic rings. The van der Waals surface area contributed by atoms with Crippen LogP contribution in [0.25, 0.3) is 0 Å². The van der Waals surface area contributed by atoms with Gasteiger partial charge < -0.3 is 19.5 Å². The molecule has 0 spiro atoms. The number of amides is 2. The highest BCUT2D eigenvalue weighted by atomic mass is 32.2. The highest BCUT2D eigenvalue weighted by molar-refractivity contribution is 7.90. The molecule has 1 aliphatic heterocycles. The van der Waals surface area contributed by atoms with Gasteiger partial charge in [0.25, 0.3) is 10.0 Å². The molecule has 1 aromatic heterocycles. The van der Waals surface area contributed by atoms with Gasteiger partial charge in [0.05, 0.1) is 6.61 Å². The van der Waals surface area contributed by atoms with Crippen molar-refractivity contribution >= 4 is 21.7 Å². The molecule has 172 valence electrons. The fourth-order valence-corrected chi connectivity index (χ4v) is 6.37. The molecule has 2 N–H and O–H groups in total. The van der Waals surface area contributed by atoms with Crippen LogP contribution in [0.1, 0.15) is 47.2 Å². The Morgan fingerprint density at radius 1 is 1.06 bits per heavy atom. The van der Waals surface area contributed by atoms with E-state index in [0.29, 0.717) is 25.6 Å². The van der Waals surface area contributed by atoms with E-state index < -0.39 is 16.1 Å². The molecule has 2 aliphatic carbocycles. The lowest BCUT2D eigenvalue weighted by atomic mass is 9.99. The van der Waals surface area contributed by atoms with Gasteiger partial charge in [-0.25, -0.2) is 17.9 Å². The molecule has 0 fully saturated rings. The van der Waals surface area contributed by atoms with Crippen LogP contribution in [0.5, 0.6) is 5.88 Å². The number of anilines is 1. The summed E-state index contributed by atoms with van der Waals surface area (Å²) >= 11 is 0. The van der Waals surface area contributed by atoms with E-state index in [1.54, 1.807) is 6.07 Å². The molecule has 2 aromatic rings. The van der Waals surface area contributed by atoms with E-state index in [-0.39, 0.29) is 4.90 Å². The smallest absolute Gasteiger partial charge is 0.333 e. The van der Waals surface area contributed by atoms with Gasteiger partial charge in [-0.05, 0) is 87.4 Å². The van der Waals surface area contributed by atoms with Gasteiger partial charge in [-0.2, -0.15) is 0 Å². The predicted molar refractivity (Wildman–Crippen MR) is 122 cm³/mol. The summed E-state index contributed by atoms with van der Waals surface area (Å²) in [7, 11) is -0.229. The molecule has 0 bridgehead atoms. The minimum absolute atomic E-state index is 0.0210. The summed E-state index contributed by atoms with van der Waals surface area (Å²) in [5.74, 6) is 0.315. The maximum Gasteiger partial charge on any atom is 0.333 e. The zero-order valence-corrected chi connectivity index (χ0v) is 19.5. The summed E-state index contributed by atoms with van der Waals surface area (Å²) in [6, 6.07) is 3.18. The molecule has 0 atom stereocenters. The highest BCUT2D eigenvalue weighted by Gasteiger charge is 2.31. The lowest BCUT2D eigenvalue weighted by Crippen LogP contribution is -2.35. The van der Waals surface area contributed by atoms with Crippen LogP contribution in [-0.2, 0) is 48.8 Å². The molecule has 0 radical (unpaired) electrons. The molecular weight excluding hydrogens is 428 g/mol. The van der Waals surface area contributed by atoms with Gasteiger partial charge in [-0.15, -0.1) is 0 Å². The van der Waals surface area contributed by atoms with Crippen molar-refractivity contribution in [2.24, 2.45) is 0 Å². The van der Waals surface area contributed by atoms with Crippen LogP contribution in [0.2, 0.25) is 0 Å². The van der Waals surface area contributed by atoms with Crippen molar-refractivity contribution in [2.75, 3.05) is 26.0 Å². The van der Waals surface area contributed by atoms with Gasteiger partial charge in [0.1, 0.15) is 4.90 Å². The first-order valence-corrected chi connectivity index (χ1v) is 12.8. The molecule has 0 unspecified atom stereocenters. The molecule has 32 heavy (non-hydrogen) atoms. The average Bonchev–Trinajstić information content (AvgIpc) is 3.46. The molecular formula is C23H30N4O4S. The number of carbonyl (C=O) groups excluding carboxylic acids is 1. The Morgan fingerprint density at radius 3 is 2.41 bits per heavy atom. The predicted octanol–water partition coefficient (Wildman–Crippen LogP) is 2.82. The van der Waals surface area contributed by atoms with Gasteiger partial charge in [-0.3, -0.25) is 0 Å². The van der Waals surface area contributed by atoms with E-state index in [4.69, 9.17) is 4.74 Å². The minimum atomic E-state index is -4.09. The first kappa shape index (κ1) is 21.3. The molecule has 2 amide bonds. The molecule has 5 rings (SSSR count). The second-order valence-corrected chi connectivity index (χ2v) is 10.8. The van der Waals surface area contributed by atoms with Crippen molar-refractivity contribution in [1.82, 2.24) is 14.2 Å². The van der Waals surface area contributed by atoms with Crippen molar-refractivity contribution in [3.63, 3.8) is 0 Å². The first-order valence-electron chi connectivity index (χ1n) is 11.3. The van der Waals surface area contributed by atoms with Crippen LogP contribution in [0, 0.1) is 0 Å². The summed E-state index contributed by atoms with van der Waals surface area (Å²) in [5, 5.41) is 2.90. The maximum absolute atomic E-state index is 13.2. The number of ether oxygens (including phenoxy) is 1. The van der Waals surface area contributed by atoms with Crippen LogP contribution < -0.4 is 14.8 Å². The molecule has 0 saturated heterocycles. The van der Waals surface area contributed by atoms with Crippen LogP contribution in [-0.4, -0.2) is 44.6 Å². The maximum atomic E-state index is 13.2. The SMILES string of the molecule is CN(C)Cc1cc(S(=O)(=O)NC(=O)Nc2c3c(cc4c2CCC4)CCC3)c2n1CCCO2. The Kier molecular flexibility index (Phi) is 5.41. The Balaban J connectivity index is 1.42. The number of hydrogen-bond acceptors (Lipinski definition) is 5. The first-order chi connectivity index (χ1) is 15.3. The Bertz CT molecular complexity index is 1150. The van der Waals surface area contributed by atoms with E-state index in [9.17, 15) is 13.2 Å². The topological polar surface area (TPSA) is 92.7 Å². The van der Waals surface area contributed by atoms with Crippen LogP contribution >= 0.6 is 0 Å². The van der Waals surface area contributed by atoms with E-state index in [2.05, 4.69) is 16.1 Å². The van der Waals surface area contributed by atoms with Gasteiger partial charge in [0.2, 0.25) is 5.88 Å². The third kappa shape index (κ3) is 3.77. The van der Waals surface area contributed by atoms with Crippen molar-refractivity contribution < 1.29 is 17.9 Å². The molecule has 9 heteroatoms. The number of aryl methyl sites for hydroxylation is 2. The van der Waals surface area contributed by atoms with Crippen LogP contribution in [0.4, 0.5) is 10.5 Å². The zero-order valence-electron chi connectivity index (χ0n) is 18.7. The third-order valence-corrected chi connectivity index (χ3v) is 7.90. The lowest BCUT2D eigenvalue weighted by molar-refractivity contribution is 0.229. The number of nitrogens with zero attached hydrogens (tertiary/aromatic N) is 2. The lowest BCUT2D eigenvalue weighted by Gasteiger charge is -2.21. The molecule has 0 saturated carbocycles. The van der Waals surface area contributed by atoms with Crippen molar-refractivity contribution in [2.45, 2.75) is 62.9 Å². The number of nitrogens with one attached hydrogen (secondary N) is 2. The summed E-state index contributed by atoms with van der Waals surface area (Å²) in [5.41, 5.74) is 6.57. The van der Waals surface area contributed by atoms with Crippen LogP contribution in [0.3, 0.4) is 0 Å². The third-order valence-electron chi connectivity index (χ3n) is 6.57. The van der Waals surface area contributed by atoms with E-state index in [0.717, 1.165) is 67.5 Å². The number of urea groups is 1. The summed E-state index contributed by atoms with van der Waals surface area (Å²) < 4.78 is 36.2. The van der Waals surface area contributed by atoms with Gasteiger partial charge in [0, 0.05) is 24.5 Å². The molecule has 2 heterocycles. The fraction of sp³-hybridized carbons (Fsp3) is 0.522. The van der Waals surface area contributed by atoms with E-state index >= 15 is 0 Å². The monoisotopic (exact) mass is 458 g/mol. The van der Waals surface area contributed by atoms with Gasteiger partial charge in [-0.1, -0.05) is 6.07 Å². The quantitative estimate of drug-likeness (QED) is 0.719. The summed E-state index contributed by atoms with van der Waals surface area (Å²) in [6.45, 7) is 1.74. The zero-order chi connectivity index (χ0) is 22.5. The van der Waals surface area contributed by atoms with Crippen molar-refractivity contribution in [1.29, 1.82) is 0 Å². The van der Waals surface area contributed by atoms with Crippen molar-refractivity contribution in [3.8, 4) is 5.88 Å². The Labute approximate surface area is 189 Å². The standard InChI is InChI=1S/C23H30N4O4S/c1-26(2)14-17-13-20(22-27(17)10-5-11-31-22)32(29,30)25-23(28)24-21-18-8-3-6-15(18)12-16-7-4-9-19(16)21/h12-13H,3-11,14H2,1-2H3,(H2,24,25,28). The number of aromatic nitrogens is 1. The normalized spacial score (nSPS) is 17.0. The molecule has 8 nitrogen and oxygen atoms in total. The van der Waals surface area contributed by atoms with E-state index in [1.807, 2.05) is 23.6 Å². The largest absolute Gasteiger partial charge is 0.478 e. The fourth-order valence-electron chi connectivity index (χ4n) is 5.27. The Hall–Kier alpha value is -2.52. The number of benzene rings is 1. The second-order valence-electron chi connectivity index (χ2n) is 9.19. The van der Waals surface area contributed by atoms with Gasteiger partial charge >= 0.3 is 6.03 Å². The average molecular weight is 459 g/mol. The van der Waals surface area contributed by atoms with E-state index in [1.165, 1.54) is 11.1 Å². The van der Waals surface area contributed by atoms with Crippen LogP contribution in [0.15, 0.2) is 17.0 Å². The van der Waals surface area contributed by atoms with Gasteiger partial charge in [0.15, 0.2) is 0 Å². The summed E-state index contributed by atoms with van der Waals surface area (Å²) in [6.07, 6.45) is 6.81. The summed E-state index contributed by atoms with van der Waals surface area (Å²) in [4.78, 5) is 14.9. The number of carbonyl (C=O) groups is 1.